The molecule has 2 aromatic carbocycles. The first-order valence-electron chi connectivity index (χ1n) is 9.85. The van der Waals surface area contributed by atoms with Crippen LogP contribution in [0.15, 0.2) is 60.7 Å². The number of para-hydroxylation sites is 1. The van der Waals surface area contributed by atoms with E-state index in [1.807, 2.05) is 30.3 Å². The highest BCUT2D eigenvalue weighted by molar-refractivity contribution is 5.92. The minimum absolute atomic E-state index is 0.000399. The highest BCUT2D eigenvalue weighted by atomic mass is 19.3. The zero-order valence-electron chi connectivity index (χ0n) is 16.5. The number of halogens is 2. The van der Waals surface area contributed by atoms with Crippen LogP contribution in [0.3, 0.4) is 0 Å². The molecule has 0 radical (unpaired) electrons. The van der Waals surface area contributed by atoms with E-state index in [0.29, 0.717) is 38.0 Å². The third-order valence-electron chi connectivity index (χ3n) is 5.03. The Morgan fingerprint density at radius 3 is 2.43 bits per heavy atom. The van der Waals surface area contributed by atoms with Crippen LogP contribution in [0.1, 0.15) is 24.0 Å². The summed E-state index contributed by atoms with van der Waals surface area (Å²) in [7, 11) is 0. The maximum absolute atomic E-state index is 12.5. The van der Waals surface area contributed by atoms with Crippen molar-refractivity contribution in [1.29, 1.82) is 0 Å². The molecule has 0 spiro atoms. The van der Waals surface area contributed by atoms with Crippen LogP contribution < -0.4 is 10.1 Å². The van der Waals surface area contributed by atoms with Gasteiger partial charge in [0.2, 0.25) is 11.8 Å². The monoisotopic (exact) mass is 414 g/mol. The van der Waals surface area contributed by atoms with Crippen molar-refractivity contribution < 1.29 is 23.1 Å². The smallest absolute Gasteiger partial charge is 0.387 e. The topological polar surface area (TPSA) is 58.6 Å². The van der Waals surface area contributed by atoms with Crippen molar-refractivity contribution in [3.8, 4) is 5.75 Å². The van der Waals surface area contributed by atoms with E-state index in [0.717, 1.165) is 5.56 Å². The summed E-state index contributed by atoms with van der Waals surface area (Å²) >= 11 is 0. The van der Waals surface area contributed by atoms with Crippen molar-refractivity contribution >= 4 is 17.9 Å². The Balaban J connectivity index is 1.48. The highest BCUT2D eigenvalue weighted by Crippen LogP contribution is 2.22. The predicted octanol–water partition coefficient (Wildman–Crippen LogP) is 3.86. The molecule has 2 amide bonds. The molecule has 30 heavy (non-hydrogen) atoms. The normalized spacial score (nSPS) is 14.8. The molecule has 1 saturated heterocycles. The van der Waals surface area contributed by atoms with E-state index >= 15 is 0 Å². The average molecular weight is 414 g/mol. The van der Waals surface area contributed by atoms with Gasteiger partial charge >= 0.3 is 6.61 Å². The van der Waals surface area contributed by atoms with E-state index in [-0.39, 0.29) is 23.5 Å². The third-order valence-corrected chi connectivity index (χ3v) is 5.03. The van der Waals surface area contributed by atoms with E-state index in [9.17, 15) is 18.4 Å². The molecule has 5 nitrogen and oxygen atoms in total. The first-order valence-corrected chi connectivity index (χ1v) is 9.85. The number of carbonyl (C=O) groups is 2. The molecule has 1 heterocycles. The van der Waals surface area contributed by atoms with Gasteiger partial charge in [-0.05, 0) is 30.5 Å². The molecule has 0 aliphatic carbocycles. The fraction of sp³-hybridized carbons (Fsp3) is 0.304. The largest absolute Gasteiger partial charge is 0.434 e. The summed E-state index contributed by atoms with van der Waals surface area (Å²) in [5.74, 6) is -0.322. The van der Waals surface area contributed by atoms with Gasteiger partial charge < -0.3 is 15.0 Å². The lowest BCUT2D eigenvalue weighted by molar-refractivity contribution is -0.132. The number of amides is 2. The van der Waals surface area contributed by atoms with Gasteiger partial charge in [-0.3, -0.25) is 9.59 Å². The minimum Gasteiger partial charge on any atom is -0.434 e. The SMILES string of the molecule is O=C(NCc1ccccc1)C1CCN(C(=O)/C=C/c2ccccc2OC(F)F)CC1. The molecule has 0 bridgehead atoms. The first-order chi connectivity index (χ1) is 14.5. The molecule has 0 atom stereocenters. The van der Waals surface area contributed by atoms with Crippen LogP contribution in [-0.2, 0) is 16.1 Å². The van der Waals surface area contributed by atoms with Gasteiger partial charge in [-0.15, -0.1) is 0 Å². The first kappa shape index (κ1) is 21.5. The Labute approximate surface area is 174 Å². The van der Waals surface area contributed by atoms with Crippen molar-refractivity contribution in [2.45, 2.75) is 26.0 Å². The van der Waals surface area contributed by atoms with Crippen molar-refractivity contribution in [1.82, 2.24) is 10.2 Å². The summed E-state index contributed by atoms with van der Waals surface area (Å²) in [6, 6.07) is 16.0. The van der Waals surface area contributed by atoms with Crippen LogP contribution in [-0.4, -0.2) is 36.4 Å². The lowest BCUT2D eigenvalue weighted by atomic mass is 9.95. The molecule has 1 aliphatic rings. The number of nitrogens with zero attached hydrogens (tertiary/aromatic N) is 1. The number of nitrogens with one attached hydrogen (secondary N) is 1. The van der Waals surface area contributed by atoms with Gasteiger partial charge in [-0.1, -0.05) is 48.5 Å². The van der Waals surface area contributed by atoms with Gasteiger partial charge in [0.05, 0.1) is 0 Å². The highest BCUT2D eigenvalue weighted by Gasteiger charge is 2.26. The summed E-state index contributed by atoms with van der Waals surface area (Å²) < 4.78 is 29.4. The summed E-state index contributed by atoms with van der Waals surface area (Å²) in [5, 5.41) is 2.95. The Bertz CT molecular complexity index is 879. The second-order valence-corrected chi connectivity index (χ2v) is 7.05. The molecule has 1 fully saturated rings. The number of benzene rings is 2. The molecule has 2 aromatic rings. The fourth-order valence-electron chi connectivity index (χ4n) is 3.38. The van der Waals surface area contributed by atoms with Crippen LogP contribution >= 0.6 is 0 Å². The lowest BCUT2D eigenvalue weighted by Crippen LogP contribution is -2.42. The second-order valence-electron chi connectivity index (χ2n) is 7.05. The average Bonchev–Trinajstić information content (AvgIpc) is 2.77. The lowest BCUT2D eigenvalue weighted by Gasteiger charge is -2.30. The minimum atomic E-state index is -2.93. The van der Waals surface area contributed by atoms with E-state index in [1.165, 1.54) is 18.2 Å². The number of hydrogen-bond acceptors (Lipinski definition) is 3. The van der Waals surface area contributed by atoms with Gasteiger partial charge in [0.25, 0.3) is 0 Å². The molecule has 0 aromatic heterocycles. The molecule has 0 unspecified atom stereocenters. The number of likely N-dealkylation sites (tertiary alicyclic amines) is 1. The number of hydrogen-bond donors (Lipinski definition) is 1. The van der Waals surface area contributed by atoms with Crippen molar-refractivity contribution in [3.05, 3.63) is 71.8 Å². The van der Waals surface area contributed by atoms with Crippen LogP contribution in [0, 0.1) is 5.92 Å². The maximum Gasteiger partial charge on any atom is 0.387 e. The van der Waals surface area contributed by atoms with Gasteiger partial charge in [-0.25, -0.2) is 0 Å². The maximum atomic E-state index is 12.5. The summed E-state index contributed by atoms with van der Waals surface area (Å²) in [6.45, 7) is -1.49. The molecule has 3 rings (SSSR count). The van der Waals surface area contributed by atoms with Gasteiger partial charge in [0, 0.05) is 37.2 Å². The molecule has 1 aliphatic heterocycles. The molecule has 0 saturated carbocycles. The second kappa shape index (κ2) is 10.5. The van der Waals surface area contributed by atoms with Crippen LogP contribution in [0.5, 0.6) is 5.75 Å². The van der Waals surface area contributed by atoms with Gasteiger partial charge in [0.15, 0.2) is 0 Å². The van der Waals surface area contributed by atoms with E-state index in [2.05, 4.69) is 10.1 Å². The van der Waals surface area contributed by atoms with Crippen molar-refractivity contribution in [3.63, 3.8) is 0 Å². The number of piperidine rings is 1. The van der Waals surface area contributed by atoms with Gasteiger partial charge in [0.1, 0.15) is 5.75 Å². The van der Waals surface area contributed by atoms with Crippen LogP contribution in [0.25, 0.3) is 6.08 Å². The van der Waals surface area contributed by atoms with E-state index in [1.54, 1.807) is 23.1 Å². The molecule has 7 heteroatoms. The molecular weight excluding hydrogens is 390 g/mol. The third kappa shape index (κ3) is 6.14. The number of alkyl halides is 2. The number of ether oxygens (including phenoxy) is 1. The molecule has 158 valence electrons. The predicted molar refractivity (Wildman–Crippen MR) is 110 cm³/mol. The number of rotatable bonds is 7. The van der Waals surface area contributed by atoms with Crippen LogP contribution in [0.4, 0.5) is 8.78 Å². The Morgan fingerprint density at radius 2 is 1.73 bits per heavy atom. The fourth-order valence-corrected chi connectivity index (χ4v) is 3.38. The molecular formula is C23H24F2N2O3. The summed E-state index contributed by atoms with van der Waals surface area (Å²) in [4.78, 5) is 26.5. The Hall–Kier alpha value is -3.22. The van der Waals surface area contributed by atoms with E-state index in [4.69, 9.17) is 0 Å². The summed E-state index contributed by atoms with van der Waals surface area (Å²) in [6.07, 6.45) is 4.00. The number of carbonyl (C=O) groups excluding carboxylic acids is 2. The van der Waals surface area contributed by atoms with Crippen LogP contribution in [0.2, 0.25) is 0 Å². The Kier molecular flexibility index (Phi) is 7.54. The zero-order chi connectivity index (χ0) is 21.3. The standard InChI is InChI=1S/C23H24F2N2O3/c24-23(25)30-20-9-5-4-8-18(20)10-11-21(28)27-14-12-19(13-15-27)22(29)26-16-17-6-2-1-3-7-17/h1-11,19,23H,12-16H2,(H,26,29)/b11-10+. The summed E-state index contributed by atoms with van der Waals surface area (Å²) in [5.41, 5.74) is 1.45. The Morgan fingerprint density at radius 1 is 1.07 bits per heavy atom. The van der Waals surface area contributed by atoms with Gasteiger partial charge in [-0.2, -0.15) is 8.78 Å². The quantitative estimate of drug-likeness (QED) is 0.700. The zero-order valence-corrected chi connectivity index (χ0v) is 16.5. The van der Waals surface area contributed by atoms with Crippen molar-refractivity contribution in [2.24, 2.45) is 5.92 Å². The van der Waals surface area contributed by atoms with Crippen molar-refractivity contribution in [2.75, 3.05) is 13.1 Å². The molecule has 1 N–H and O–H groups in total. The van der Waals surface area contributed by atoms with E-state index < -0.39 is 6.61 Å².